The number of aldehydes is 1. The molecule has 20 heavy (non-hydrogen) atoms. The van der Waals surface area contributed by atoms with Gasteiger partial charge in [0.15, 0.2) is 0 Å². The SMILES string of the molecule is C=C(C=O)[C@@H]1c2ccccc2CCN1c1ccccc1. The predicted molar refractivity (Wildman–Crippen MR) is 81.9 cm³/mol. The lowest BCUT2D eigenvalue weighted by molar-refractivity contribution is -0.105. The Morgan fingerprint density at radius 1 is 1.10 bits per heavy atom. The fourth-order valence-corrected chi connectivity index (χ4v) is 2.93. The van der Waals surface area contributed by atoms with Gasteiger partial charge >= 0.3 is 0 Å². The maximum atomic E-state index is 11.3. The molecule has 0 spiro atoms. The number of para-hydroxylation sites is 1. The molecule has 0 saturated heterocycles. The van der Waals surface area contributed by atoms with E-state index in [1.54, 1.807) is 0 Å². The second kappa shape index (κ2) is 5.33. The Labute approximate surface area is 119 Å². The van der Waals surface area contributed by atoms with Crippen LogP contribution in [0.2, 0.25) is 0 Å². The minimum atomic E-state index is -0.0557. The lowest BCUT2D eigenvalue weighted by atomic mass is 9.88. The minimum absolute atomic E-state index is 0.0557. The van der Waals surface area contributed by atoms with Crippen LogP contribution in [0.1, 0.15) is 17.2 Å². The fraction of sp³-hybridized carbons (Fsp3) is 0.167. The van der Waals surface area contributed by atoms with Crippen molar-refractivity contribution >= 4 is 12.0 Å². The molecule has 1 heterocycles. The second-order valence-electron chi connectivity index (χ2n) is 5.07. The fourth-order valence-electron chi connectivity index (χ4n) is 2.93. The third-order valence-corrected chi connectivity index (χ3v) is 3.87. The second-order valence-corrected chi connectivity index (χ2v) is 5.07. The molecule has 1 aliphatic rings. The van der Waals surface area contributed by atoms with Crippen molar-refractivity contribution < 1.29 is 4.79 Å². The molecule has 2 aromatic rings. The molecule has 2 nitrogen and oxygen atoms in total. The molecule has 3 rings (SSSR count). The first-order chi connectivity index (χ1) is 9.81. The van der Waals surface area contributed by atoms with Gasteiger partial charge in [-0.2, -0.15) is 0 Å². The largest absolute Gasteiger partial charge is 0.360 e. The summed E-state index contributed by atoms with van der Waals surface area (Å²) in [4.78, 5) is 13.5. The van der Waals surface area contributed by atoms with E-state index < -0.39 is 0 Å². The zero-order valence-corrected chi connectivity index (χ0v) is 11.3. The van der Waals surface area contributed by atoms with Crippen molar-refractivity contribution in [3.63, 3.8) is 0 Å². The third-order valence-electron chi connectivity index (χ3n) is 3.87. The lowest BCUT2D eigenvalue weighted by Crippen LogP contribution is -2.36. The van der Waals surface area contributed by atoms with Gasteiger partial charge < -0.3 is 4.90 Å². The van der Waals surface area contributed by atoms with Crippen molar-refractivity contribution in [1.82, 2.24) is 0 Å². The Morgan fingerprint density at radius 3 is 2.55 bits per heavy atom. The highest BCUT2D eigenvalue weighted by molar-refractivity contribution is 5.77. The summed E-state index contributed by atoms with van der Waals surface area (Å²) in [6.45, 7) is 4.86. The van der Waals surface area contributed by atoms with Crippen LogP contribution in [0, 0.1) is 0 Å². The van der Waals surface area contributed by atoms with Gasteiger partial charge in [-0.15, -0.1) is 0 Å². The normalized spacial score (nSPS) is 17.4. The number of anilines is 1. The van der Waals surface area contributed by atoms with Gasteiger partial charge in [-0.05, 0) is 29.7 Å². The van der Waals surface area contributed by atoms with E-state index in [-0.39, 0.29) is 6.04 Å². The topological polar surface area (TPSA) is 20.3 Å². The van der Waals surface area contributed by atoms with Gasteiger partial charge in [-0.3, -0.25) is 4.79 Å². The predicted octanol–water partition coefficient (Wildman–Crippen LogP) is 3.55. The molecule has 0 fully saturated rings. The van der Waals surface area contributed by atoms with Crippen LogP contribution in [-0.2, 0) is 11.2 Å². The van der Waals surface area contributed by atoms with Crippen LogP contribution in [0.15, 0.2) is 66.7 Å². The summed E-state index contributed by atoms with van der Waals surface area (Å²) in [6, 6.07) is 18.5. The van der Waals surface area contributed by atoms with E-state index in [9.17, 15) is 4.79 Å². The minimum Gasteiger partial charge on any atom is -0.360 e. The molecular weight excluding hydrogens is 246 g/mol. The molecule has 1 atom stereocenters. The van der Waals surface area contributed by atoms with Gasteiger partial charge in [0.25, 0.3) is 0 Å². The van der Waals surface area contributed by atoms with Gasteiger partial charge in [0.2, 0.25) is 0 Å². The molecule has 2 heteroatoms. The number of carbonyl (C=O) groups is 1. The van der Waals surface area contributed by atoms with Crippen LogP contribution < -0.4 is 4.90 Å². The number of fused-ring (bicyclic) bond motifs is 1. The average molecular weight is 263 g/mol. The molecule has 100 valence electrons. The summed E-state index contributed by atoms with van der Waals surface area (Å²) >= 11 is 0. The van der Waals surface area contributed by atoms with Crippen molar-refractivity contribution in [3.8, 4) is 0 Å². The van der Waals surface area contributed by atoms with Gasteiger partial charge in [0.1, 0.15) is 6.29 Å². The van der Waals surface area contributed by atoms with E-state index in [4.69, 9.17) is 0 Å². The summed E-state index contributed by atoms with van der Waals surface area (Å²) in [5.41, 5.74) is 4.25. The van der Waals surface area contributed by atoms with E-state index >= 15 is 0 Å². The van der Waals surface area contributed by atoms with E-state index in [0.29, 0.717) is 5.57 Å². The third kappa shape index (κ3) is 2.14. The van der Waals surface area contributed by atoms with Crippen molar-refractivity contribution in [2.24, 2.45) is 0 Å². The van der Waals surface area contributed by atoms with Crippen LogP contribution in [0.5, 0.6) is 0 Å². The first kappa shape index (κ1) is 12.7. The molecule has 0 bridgehead atoms. The van der Waals surface area contributed by atoms with Gasteiger partial charge in [-0.25, -0.2) is 0 Å². The molecule has 0 radical (unpaired) electrons. The summed E-state index contributed by atoms with van der Waals surface area (Å²) in [6.07, 6.45) is 1.87. The summed E-state index contributed by atoms with van der Waals surface area (Å²) < 4.78 is 0. The van der Waals surface area contributed by atoms with E-state index in [1.807, 2.05) is 24.3 Å². The molecule has 1 aliphatic heterocycles. The quantitative estimate of drug-likeness (QED) is 0.623. The Balaban J connectivity index is 2.08. The maximum absolute atomic E-state index is 11.3. The Hall–Kier alpha value is -2.35. The van der Waals surface area contributed by atoms with Crippen LogP contribution in [0.3, 0.4) is 0 Å². The maximum Gasteiger partial charge on any atom is 0.147 e. The lowest BCUT2D eigenvalue weighted by Gasteiger charge is -2.39. The molecule has 0 aliphatic carbocycles. The zero-order chi connectivity index (χ0) is 13.9. The Bertz CT molecular complexity index is 633. The number of nitrogens with zero attached hydrogens (tertiary/aromatic N) is 1. The van der Waals surface area contributed by atoms with E-state index in [0.717, 1.165) is 24.9 Å². The number of hydrogen-bond acceptors (Lipinski definition) is 2. The molecule has 2 aromatic carbocycles. The van der Waals surface area contributed by atoms with Crippen molar-refractivity contribution in [3.05, 3.63) is 77.9 Å². The van der Waals surface area contributed by atoms with Gasteiger partial charge in [-0.1, -0.05) is 49.0 Å². The average Bonchev–Trinajstić information content (AvgIpc) is 2.54. The first-order valence-electron chi connectivity index (χ1n) is 6.84. The smallest absolute Gasteiger partial charge is 0.147 e. The monoisotopic (exact) mass is 263 g/mol. The van der Waals surface area contributed by atoms with E-state index in [1.165, 1.54) is 11.1 Å². The van der Waals surface area contributed by atoms with Crippen LogP contribution in [0.25, 0.3) is 0 Å². The summed E-state index contributed by atoms with van der Waals surface area (Å²) in [5.74, 6) is 0. The zero-order valence-electron chi connectivity index (χ0n) is 11.3. The van der Waals surface area contributed by atoms with Crippen molar-refractivity contribution in [2.75, 3.05) is 11.4 Å². The Morgan fingerprint density at radius 2 is 1.80 bits per heavy atom. The summed E-state index contributed by atoms with van der Waals surface area (Å²) in [7, 11) is 0. The number of hydrogen-bond donors (Lipinski definition) is 0. The van der Waals surface area contributed by atoms with E-state index in [2.05, 4.69) is 41.8 Å². The summed E-state index contributed by atoms with van der Waals surface area (Å²) in [5, 5.41) is 0. The number of rotatable bonds is 3. The van der Waals surface area contributed by atoms with Crippen LogP contribution in [-0.4, -0.2) is 12.8 Å². The molecule has 0 amide bonds. The standard InChI is InChI=1S/C18H17NO/c1-14(13-20)18-17-10-6-5-7-15(17)11-12-19(18)16-8-3-2-4-9-16/h2-10,13,18H,1,11-12H2/t18-/m1/s1. The van der Waals surface area contributed by atoms with Crippen LogP contribution in [0.4, 0.5) is 5.69 Å². The first-order valence-corrected chi connectivity index (χ1v) is 6.84. The highest BCUT2D eigenvalue weighted by Gasteiger charge is 2.29. The number of benzene rings is 2. The molecule has 0 unspecified atom stereocenters. The van der Waals surface area contributed by atoms with Crippen molar-refractivity contribution in [2.45, 2.75) is 12.5 Å². The molecule has 0 aromatic heterocycles. The molecule has 0 N–H and O–H groups in total. The van der Waals surface area contributed by atoms with Crippen LogP contribution >= 0.6 is 0 Å². The van der Waals surface area contributed by atoms with Gasteiger partial charge in [0.05, 0.1) is 6.04 Å². The van der Waals surface area contributed by atoms with Gasteiger partial charge in [0, 0.05) is 17.8 Å². The number of carbonyl (C=O) groups excluding carboxylic acids is 1. The molecular formula is C18H17NO. The molecule has 0 saturated carbocycles. The highest BCUT2D eigenvalue weighted by Crippen LogP contribution is 2.36. The highest BCUT2D eigenvalue weighted by atomic mass is 16.1. The Kier molecular flexibility index (Phi) is 3.38. The van der Waals surface area contributed by atoms with Crippen molar-refractivity contribution in [1.29, 1.82) is 0 Å².